The van der Waals surface area contributed by atoms with Crippen LogP contribution in [-0.2, 0) is 13.1 Å². The van der Waals surface area contributed by atoms with E-state index in [2.05, 4.69) is 26.3 Å². The van der Waals surface area contributed by atoms with E-state index in [1.54, 1.807) is 6.20 Å². The van der Waals surface area contributed by atoms with Crippen LogP contribution < -0.4 is 5.32 Å². The smallest absolute Gasteiger partial charge is 0.251 e. The monoisotopic (exact) mass is 511 g/mol. The molecule has 0 bridgehead atoms. The van der Waals surface area contributed by atoms with E-state index in [4.69, 9.17) is 5.10 Å². The molecule has 1 N–H and O–H groups in total. The fourth-order valence-corrected chi connectivity index (χ4v) is 4.12. The van der Waals surface area contributed by atoms with Crippen molar-refractivity contribution in [3.05, 3.63) is 125 Å². The van der Waals surface area contributed by atoms with Gasteiger partial charge in [-0.25, -0.2) is 4.68 Å². The lowest BCUT2D eigenvalue weighted by molar-refractivity contribution is 0.0951. The minimum absolute atomic E-state index is 0.130. The van der Waals surface area contributed by atoms with E-state index < -0.39 is 0 Å². The number of rotatable bonds is 7. The first-order valence-corrected chi connectivity index (χ1v) is 11.7. The standard InChI is InChI=1S/C27H22BrN5O/c28-24-16-30-32(19-24)17-20-8-7-11-22(14-20)27(34)29-15-23-18-33(25-12-5-2-6-13-25)31-26(23)21-9-3-1-4-10-21/h1-14,16,18-19H,15,17H2,(H,29,34). The van der Waals surface area contributed by atoms with Crippen molar-refractivity contribution in [2.45, 2.75) is 13.1 Å². The largest absolute Gasteiger partial charge is 0.348 e. The molecular weight excluding hydrogens is 490 g/mol. The highest BCUT2D eigenvalue weighted by atomic mass is 79.9. The number of carbonyl (C=O) groups excluding carboxylic acids is 1. The van der Waals surface area contributed by atoms with E-state index in [1.807, 2.05) is 107 Å². The van der Waals surface area contributed by atoms with Gasteiger partial charge in [0.15, 0.2) is 0 Å². The number of amides is 1. The molecule has 7 heteroatoms. The summed E-state index contributed by atoms with van der Waals surface area (Å²) >= 11 is 3.41. The van der Waals surface area contributed by atoms with Crippen molar-refractivity contribution in [1.82, 2.24) is 24.9 Å². The summed E-state index contributed by atoms with van der Waals surface area (Å²) in [5, 5.41) is 12.2. The molecule has 34 heavy (non-hydrogen) atoms. The third kappa shape index (κ3) is 5.00. The molecule has 0 spiro atoms. The van der Waals surface area contributed by atoms with Crippen molar-refractivity contribution in [2.24, 2.45) is 0 Å². The molecule has 1 amide bonds. The fraction of sp³-hybridized carbons (Fsp3) is 0.0741. The van der Waals surface area contributed by atoms with E-state index in [-0.39, 0.29) is 5.91 Å². The minimum atomic E-state index is -0.130. The van der Waals surface area contributed by atoms with Crippen molar-refractivity contribution in [2.75, 3.05) is 0 Å². The molecule has 0 aliphatic heterocycles. The zero-order chi connectivity index (χ0) is 23.3. The zero-order valence-electron chi connectivity index (χ0n) is 18.3. The summed E-state index contributed by atoms with van der Waals surface area (Å²) in [6.07, 6.45) is 5.63. The second-order valence-electron chi connectivity index (χ2n) is 7.89. The first kappa shape index (κ1) is 21.9. The van der Waals surface area contributed by atoms with E-state index in [1.165, 1.54) is 0 Å². The maximum atomic E-state index is 13.0. The molecule has 2 heterocycles. The molecule has 2 aromatic heterocycles. The zero-order valence-corrected chi connectivity index (χ0v) is 19.9. The maximum Gasteiger partial charge on any atom is 0.251 e. The minimum Gasteiger partial charge on any atom is -0.348 e. The normalized spacial score (nSPS) is 10.9. The number of nitrogens with zero attached hydrogens (tertiary/aromatic N) is 4. The van der Waals surface area contributed by atoms with Crippen LogP contribution in [0.5, 0.6) is 0 Å². The summed E-state index contributed by atoms with van der Waals surface area (Å²) in [5.74, 6) is -0.130. The summed E-state index contributed by atoms with van der Waals surface area (Å²) < 4.78 is 4.60. The van der Waals surface area contributed by atoms with Crippen LogP contribution in [-0.4, -0.2) is 25.5 Å². The Morgan fingerprint density at radius 3 is 2.41 bits per heavy atom. The Bertz CT molecular complexity index is 1410. The third-order valence-electron chi connectivity index (χ3n) is 5.43. The highest BCUT2D eigenvalue weighted by Gasteiger charge is 2.14. The summed E-state index contributed by atoms with van der Waals surface area (Å²) in [7, 11) is 0. The SMILES string of the molecule is O=C(NCc1cn(-c2ccccc2)nc1-c1ccccc1)c1cccc(Cn2cc(Br)cn2)c1. The third-order valence-corrected chi connectivity index (χ3v) is 5.84. The van der Waals surface area contributed by atoms with Crippen molar-refractivity contribution in [3.8, 4) is 16.9 Å². The van der Waals surface area contributed by atoms with Gasteiger partial charge in [0.2, 0.25) is 0 Å². The fourth-order valence-electron chi connectivity index (χ4n) is 3.79. The van der Waals surface area contributed by atoms with Crippen LogP contribution in [0.2, 0.25) is 0 Å². The second-order valence-corrected chi connectivity index (χ2v) is 8.80. The van der Waals surface area contributed by atoms with Crippen LogP contribution in [0.1, 0.15) is 21.5 Å². The molecule has 6 nitrogen and oxygen atoms in total. The molecule has 0 unspecified atom stereocenters. The quantitative estimate of drug-likeness (QED) is 0.314. The second kappa shape index (κ2) is 9.89. The van der Waals surface area contributed by atoms with Crippen molar-refractivity contribution < 1.29 is 4.79 Å². The van der Waals surface area contributed by atoms with E-state index in [9.17, 15) is 4.79 Å². The number of para-hydroxylation sites is 1. The Hall–Kier alpha value is -3.97. The lowest BCUT2D eigenvalue weighted by Gasteiger charge is -2.08. The van der Waals surface area contributed by atoms with Gasteiger partial charge in [0.1, 0.15) is 0 Å². The first-order valence-electron chi connectivity index (χ1n) is 10.9. The van der Waals surface area contributed by atoms with Crippen LogP contribution in [0.4, 0.5) is 0 Å². The van der Waals surface area contributed by atoms with Crippen LogP contribution >= 0.6 is 15.9 Å². The maximum absolute atomic E-state index is 13.0. The summed E-state index contributed by atoms with van der Waals surface area (Å²) in [5.41, 5.74) is 5.39. The van der Waals surface area contributed by atoms with Gasteiger partial charge in [-0.15, -0.1) is 0 Å². The Labute approximate surface area is 206 Å². The van der Waals surface area contributed by atoms with Crippen molar-refractivity contribution in [1.29, 1.82) is 0 Å². The molecule has 3 aromatic carbocycles. The summed E-state index contributed by atoms with van der Waals surface area (Å²) in [4.78, 5) is 13.0. The number of halogens is 1. The van der Waals surface area contributed by atoms with Crippen LogP contribution in [0.25, 0.3) is 16.9 Å². The molecule has 0 aliphatic carbocycles. The highest BCUT2D eigenvalue weighted by molar-refractivity contribution is 9.10. The lowest BCUT2D eigenvalue weighted by atomic mass is 10.1. The molecule has 5 rings (SSSR count). The lowest BCUT2D eigenvalue weighted by Crippen LogP contribution is -2.23. The van der Waals surface area contributed by atoms with Gasteiger partial charge >= 0.3 is 0 Å². The number of hydrogen-bond donors (Lipinski definition) is 1. The highest BCUT2D eigenvalue weighted by Crippen LogP contribution is 2.23. The average Bonchev–Trinajstić information content (AvgIpc) is 3.50. The van der Waals surface area contributed by atoms with Crippen LogP contribution in [0, 0.1) is 0 Å². The molecule has 168 valence electrons. The molecule has 0 atom stereocenters. The van der Waals surface area contributed by atoms with Crippen molar-refractivity contribution >= 4 is 21.8 Å². The van der Waals surface area contributed by atoms with Gasteiger partial charge in [-0.3, -0.25) is 9.48 Å². The molecule has 0 fully saturated rings. The number of aromatic nitrogens is 4. The van der Waals surface area contributed by atoms with Gasteiger partial charge in [-0.1, -0.05) is 60.7 Å². The topological polar surface area (TPSA) is 64.7 Å². The Balaban J connectivity index is 1.36. The van der Waals surface area contributed by atoms with E-state index >= 15 is 0 Å². The van der Waals surface area contributed by atoms with Gasteiger partial charge in [-0.2, -0.15) is 10.2 Å². The van der Waals surface area contributed by atoms with Gasteiger partial charge in [0.05, 0.1) is 28.6 Å². The van der Waals surface area contributed by atoms with Gasteiger partial charge in [-0.05, 0) is 45.8 Å². The molecule has 0 radical (unpaired) electrons. The Morgan fingerprint density at radius 2 is 1.68 bits per heavy atom. The molecule has 0 aliphatic rings. The summed E-state index contributed by atoms with van der Waals surface area (Å²) in [6, 6.07) is 27.6. The number of benzene rings is 3. The number of carbonyl (C=O) groups is 1. The molecular formula is C27H22BrN5O. The molecule has 5 aromatic rings. The predicted octanol–water partition coefficient (Wildman–Crippen LogP) is 5.48. The van der Waals surface area contributed by atoms with Crippen LogP contribution in [0.15, 0.2) is 108 Å². The summed E-state index contributed by atoms with van der Waals surface area (Å²) in [6.45, 7) is 0.959. The number of nitrogens with one attached hydrogen (secondary N) is 1. The van der Waals surface area contributed by atoms with Gasteiger partial charge in [0, 0.05) is 35.6 Å². The number of hydrogen-bond acceptors (Lipinski definition) is 3. The van der Waals surface area contributed by atoms with Gasteiger partial charge in [0.25, 0.3) is 5.91 Å². The first-order chi connectivity index (χ1) is 16.7. The molecule has 0 saturated carbocycles. The average molecular weight is 512 g/mol. The molecule has 0 saturated heterocycles. The van der Waals surface area contributed by atoms with Crippen molar-refractivity contribution in [3.63, 3.8) is 0 Å². The van der Waals surface area contributed by atoms with Crippen LogP contribution in [0.3, 0.4) is 0 Å². The predicted molar refractivity (Wildman–Crippen MR) is 136 cm³/mol. The van der Waals surface area contributed by atoms with E-state index in [0.29, 0.717) is 18.7 Å². The Kier molecular flexibility index (Phi) is 6.35. The Morgan fingerprint density at radius 1 is 0.912 bits per heavy atom. The van der Waals surface area contributed by atoms with Gasteiger partial charge < -0.3 is 5.32 Å². The van der Waals surface area contributed by atoms with E-state index in [0.717, 1.165) is 32.5 Å².